The zero-order chi connectivity index (χ0) is 14.8. The summed E-state index contributed by atoms with van der Waals surface area (Å²) in [5, 5.41) is 17.5. The number of anilines is 2. The molecule has 106 valence electrons. The molecule has 0 aliphatic carbocycles. The average Bonchev–Trinajstić information content (AvgIpc) is 2.43. The van der Waals surface area contributed by atoms with E-state index in [-0.39, 0.29) is 0 Å². The molecule has 0 bridgehead atoms. The summed E-state index contributed by atoms with van der Waals surface area (Å²) in [5.41, 5.74) is 0.910. The van der Waals surface area contributed by atoms with Crippen molar-refractivity contribution >= 4 is 34.6 Å². The highest BCUT2D eigenvalue weighted by molar-refractivity contribution is 6.39. The standard InChI is InChI=1S/C15H16Cl2N2O/c1-15(20,18-2)10-6-3-4-9-13(10)19-14-11(16)7-5-8-12(14)17/h3-9,18-20H,1-2H3. The molecule has 0 amide bonds. The second-order valence-corrected chi connectivity index (χ2v) is 5.40. The van der Waals surface area contributed by atoms with Crippen molar-refractivity contribution in [2.75, 3.05) is 12.4 Å². The summed E-state index contributed by atoms with van der Waals surface area (Å²) in [6, 6.07) is 12.7. The van der Waals surface area contributed by atoms with E-state index < -0.39 is 5.72 Å². The molecule has 3 N–H and O–H groups in total. The van der Waals surface area contributed by atoms with Crippen molar-refractivity contribution in [2.45, 2.75) is 12.6 Å². The first-order valence-corrected chi connectivity index (χ1v) is 6.93. The first-order chi connectivity index (χ1) is 9.45. The molecule has 2 rings (SSSR count). The highest BCUT2D eigenvalue weighted by Crippen LogP contribution is 2.35. The number of hydrogen-bond acceptors (Lipinski definition) is 3. The van der Waals surface area contributed by atoms with Crippen LogP contribution in [0.5, 0.6) is 0 Å². The molecule has 0 saturated carbocycles. The molecule has 0 aliphatic heterocycles. The van der Waals surface area contributed by atoms with E-state index in [0.717, 1.165) is 5.69 Å². The van der Waals surface area contributed by atoms with Crippen LogP contribution in [0, 0.1) is 0 Å². The maximum atomic E-state index is 10.4. The summed E-state index contributed by atoms with van der Waals surface area (Å²) in [7, 11) is 1.69. The van der Waals surface area contributed by atoms with Crippen molar-refractivity contribution in [1.82, 2.24) is 5.32 Å². The maximum Gasteiger partial charge on any atom is 0.141 e. The third-order valence-corrected chi connectivity index (χ3v) is 3.79. The van der Waals surface area contributed by atoms with Gasteiger partial charge in [0.1, 0.15) is 5.72 Å². The van der Waals surface area contributed by atoms with Gasteiger partial charge in [0.25, 0.3) is 0 Å². The number of rotatable bonds is 4. The van der Waals surface area contributed by atoms with E-state index >= 15 is 0 Å². The molecule has 5 heteroatoms. The number of para-hydroxylation sites is 2. The van der Waals surface area contributed by atoms with Gasteiger partial charge >= 0.3 is 0 Å². The Hall–Kier alpha value is -1.26. The van der Waals surface area contributed by atoms with Crippen LogP contribution in [0.1, 0.15) is 12.5 Å². The summed E-state index contributed by atoms with van der Waals surface area (Å²) in [6.45, 7) is 1.68. The minimum absolute atomic E-state index is 0.524. The average molecular weight is 311 g/mol. The van der Waals surface area contributed by atoms with E-state index in [0.29, 0.717) is 21.3 Å². The second-order valence-electron chi connectivity index (χ2n) is 4.59. The normalized spacial score (nSPS) is 13.8. The molecular weight excluding hydrogens is 295 g/mol. The first kappa shape index (κ1) is 15.1. The van der Waals surface area contributed by atoms with Crippen LogP contribution in [0.3, 0.4) is 0 Å². The number of nitrogens with one attached hydrogen (secondary N) is 2. The van der Waals surface area contributed by atoms with Gasteiger partial charge < -0.3 is 10.4 Å². The Morgan fingerprint density at radius 1 is 1.00 bits per heavy atom. The van der Waals surface area contributed by atoms with Gasteiger partial charge in [0, 0.05) is 11.3 Å². The lowest BCUT2D eigenvalue weighted by molar-refractivity contribution is 0.0290. The monoisotopic (exact) mass is 310 g/mol. The molecule has 2 aromatic rings. The van der Waals surface area contributed by atoms with Gasteiger partial charge in [0.15, 0.2) is 0 Å². The quantitative estimate of drug-likeness (QED) is 0.744. The SMILES string of the molecule is CNC(C)(O)c1ccccc1Nc1c(Cl)cccc1Cl. The molecule has 0 radical (unpaired) electrons. The fourth-order valence-corrected chi connectivity index (χ4v) is 2.40. The molecule has 0 aromatic heterocycles. The second kappa shape index (κ2) is 6.02. The molecule has 3 nitrogen and oxygen atoms in total. The van der Waals surface area contributed by atoms with Crippen molar-refractivity contribution in [3.63, 3.8) is 0 Å². The largest absolute Gasteiger partial charge is 0.372 e. The predicted molar refractivity (Wildman–Crippen MR) is 84.8 cm³/mol. The highest BCUT2D eigenvalue weighted by atomic mass is 35.5. The molecular formula is C15H16Cl2N2O. The van der Waals surface area contributed by atoms with Gasteiger partial charge in [-0.2, -0.15) is 0 Å². The van der Waals surface area contributed by atoms with E-state index in [4.69, 9.17) is 23.2 Å². The predicted octanol–water partition coefficient (Wildman–Crippen LogP) is 4.12. The van der Waals surface area contributed by atoms with Gasteiger partial charge in [-0.3, -0.25) is 5.32 Å². The van der Waals surface area contributed by atoms with Gasteiger partial charge in [0.05, 0.1) is 15.7 Å². The minimum atomic E-state index is -1.16. The molecule has 1 unspecified atom stereocenters. The lowest BCUT2D eigenvalue weighted by Crippen LogP contribution is -2.36. The Bertz CT molecular complexity index is 594. The van der Waals surface area contributed by atoms with E-state index in [1.165, 1.54) is 0 Å². The van der Waals surface area contributed by atoms with E-state index in [1.54, 1.807) is 32.2 Å². The molecule has 0 heterocycles. The van der Waals surface area contributed by atoms with E-state index in [1.807, 2.05) is 24.3 Å². The smallest absolute Gasteiger partial charge is 0.141 e. The van der Waals surface area contributed by atoms with Gasteiger partial charge in [-0.15, -0.1) is 0 Å². The van der Waals surface area contributed by atoms with Crippen LogP contribution in [0.4, 0.5) is 11.4 Å². The maximum absolute atomic E-state index is 10.4. The third kappa shape index (κ3) is 3.07. The first-order valence-electron chi connectivity index (χ1n) is 6.17. The van der Waals surface area contributed by atoms with Gasteiger partial charge in [-0.1, -0.05) is 47.5 Å². The number of hydrogen-bond donors (Lipinski definition) is 3. The lowest BCUT2D eigenvalue weighted by Gasteiger charge is -2.26. The third-order valence-electron chi connectivity index (χ3n) is 3.16. The summed E-state index contributed by atoms with van der Waals surface area (Å²) in [6.07, 6.45) is 0. The molecule has 1 atom stereocenters. The molecule has 0 fully saturated rings. The van der Waals surface area contributed by atoms with Crippen LogP contribution in [-0.2, 0) is 5.72 Å². The summed E-state index contributed by atoms with van der Waals surface area (Å²) in [4.78, 5) is 0. The summed E-state index contributed by atoms with van der Waals surface area (Å²) in [5.74, 6) is 0. The van der Waals surface area contributed by atoms with E-state index in [2.05, 4.69) is 10.6 Å². The molecule has 0 aliphatic rings. The number of halogens is 2. The highest BCUT2D eigenvalue weighted by Gasteiger charge is 2.23. The number of benzene rings is 2. The zero-order valence-electron chi connectivity index (χ0n) is 11.2. The van der Waals surface area contributed by atoms with Crippen molar-refractivity contribution in [2.24, 2.45) is 0 Å². The van der Waals surface area contributed by atoms with Crippen LogP contribution in [0.2, 0.25) is 10.0 Å². The van der Waals surface area contributed by atoms with Crippen LogP contribution in [0.15, 0.2) is 42.5 Å². The number of aliphatic hydroxyl groups is 1. The molecule has 2 aromatic carbocycles. The van der Waals surface area contributed by atoms with Crippen molar-refractivity contribution in [3.05, 3.63) is 58.1 Å². The molecule has 0 saturated heterocycles. The summed E-state index contributed by atoms with van der Waals surface area (Å²) < 4.78 is 0. The minimum Gasteiger partial charge on any atom is -0.372 e. The van der Waals surface area contributed by atoms with Crippen LogP contribution < -0.4 is 10.6 Å². The topological polar surface area (TPSA) is 44.3 Å². The van der Waals surface area contributed by atoms with Gasteiger partial charge in [0.2, 0.25) is 0 Å². The van der Waals surface area contributed by atoms with Crippen molar-refractivity contribution in [3.8, 4) is 0 Å². The van der Waals surface area contributed by atoms with Crippen LogP contribution in [-0.4, -0.2) is 12.2 Å². The van der Waals surface area contributed by atoms with Crippen molar-refractivity contribution in [1.29, 1.82) is 0 Å². The Morgan fingerprint density at radius 2 is 1.60 bits per heavy atom. The Labute approximate surface area is 128 Å². The Kier molecular flexibility index (Phi) is 4.55. The lowest BCUT2D eigenvalue weighted by atomic mass is 10.0. The zero-order valence-corrected chi connectivity index (χ0v) is 12.8. The van der Waals surface area contributed by atoms with Crippen LogP contribution in [0.25, 0.3) is 0 Å². The van der Waals surface area contributed by atoms with Crippen molar-refractivity contribution < 1.29 is 5.11 Å². The Morgan fingerprint density at radius 3 is 2.20 bits per heavy atom. The van der Waals surface area contributed by atoms with Crippen LogP contribution >= 0.6 is 23.2 Å². The van der Waals surface area contributed by atoms with E-state index in [9.17, 15) is 5.11 Å². The van der Waals surface area contributed by atoms with Gasteiger partial charge in [-0.05, 0) is 32.2 Å². The molecule has 0 spiro atoms. The molecule has 20 heavy (non-hydrogen) atoms. The Balaban J connectivity index is 2.45. The fraction of sp³-hybridized carbons (Fsp3) is 0.200. The van der Waals surface area contributed by atoms with Gasteiger partial charge in [-0.25, -0.2) is 0 Å². The summed E-state index contributed by atoms with van der Waals surface area (Å²) >= 11 is 12.3. The fourth-order valence-electron chi connectivity index (χ4n) is 1.90.